The van der Waals surface area contributed by atoms with E-state index in [2.05, 4.69) is 38.7 Å². The van der Waals surface area contributed by atoms with Gasteiger partial charge in [0.2, 0.25) is 0 Å². The normalized spacial score (nSPS) is 42.9. The smallest absolute Gasteiger partial charge is 0.307 e. The van der Waals surface area contributed by atoms with Crippen molar-refractivity contribution < 1.29 is 14.3 Å². The highest BCUT2D eigenvalue weighted by Gasteiger charge is 2.59. The van der Waals surface area contributed by atoms with Gasteiger partial charge in [-0.1, -0.05) is 33.8 Å². The quantitative estimate of drug-likeness (QED) is 0.415. The van der Waals surface area contributed by atoms with E-state index in [1.165, 1.54) is 38.5 Å². The van der Waals surface area contributed by atoms with Crippen LogP contribution >= 0.6 is 0 Å². The maximum atomic E-state index is 12.7. The minimum atomic E-state index is 0.0119. The lowest BCUT2D eigenvalue weighted by Gasteiger charge is -2.60. The Labute approximate surface area is 213 Å². The third-order valence-corrected chi connectivity index (χ3v) is 11.5. The number of allylic oxidation sites excluding steroid dienone is 2. The van der Waals surface area contributed by atoms with Crippen molar-refractivity contribution in [2.75, 3.05) is 19.6 Å². The van der Waals surface area contributed by atoms with Crippen LogP contribution in [0.3, 0.4) is 0 Å². The molecule has 0 amide bonds. The Bertz CT molecular complexity index is 876. The Morgan fingerprint density at radius 1 is 1.03 bits per heavy atom. The van der Waals surface area contributed by atoms with Crippen LogP contribution in [0.2, 0.25) is 0 Å². The van der Waals surface area contributed by atoms with Crippen LogP contribution in [0.15, 0.2) is 11.6 Å². The van der Waals surface area contributed by atoms with Crippen LogP contribution in [0.25, 0.3) is 0 Å². The molecule has 35 heavy (non-hydrogen) atoms. The predicted octanol–water partition coefficient (Wildman–Crippen LogP) is 6.58. The minimum absolute atomic E-state index is 0.0119. The van der Waals surface area contributed by atoms with E-state index in [9.17, 15) is 9.59 Å². The van der Waals surface area contributed by atoms with Gasteiger partial charge in [0.1, 0.15) is 6.10 Å². The Hall–Kier alpha value is -1.16. The third-order valence-electron chi connectivity index (χ3n) is 11.5. The van der Waals surface area contributed by atoms with Crippen molar-refractivity contribution in [2.45, 2.75) is 111 Å². The van der Waals surface area contributed by atoms with Crippen molar-refractivity contribution in [3.05, 3.63) is 11.6 Å². The number of likely N-dealkylation sites (tertiary alicyclic amines) is 1. The Morgan fingerprint density at radius 3 is 2.57 bits per heavy atom. The average molecular weight is 484 g/mol. The second kappa shape index (κ2) is 9.30. The maximum absolute atomic E-state index is 12.7. The first-order valence-corrected chi connectivity index (χ1v) is 14.7. The highest BCUT2D eigenvalue weighted by Crippen LogP contribution is 2.66. The molecule has 0 radical (unpaired) electrons. The number of esters is 1. The third kappa shape index (κ3) is 4.66. The molecule has 0 bridgehead atoms. The summed E-state index contributed by atoms with van der Waals surface area (Å²) in [5, 5.41) is 0. The van der Waals surface area contributed by atoms with Gasteiger partial charge in [-0.3, -0.25) is 9.59 Å². The molecule has 1 saturated heterocycles. The van der Waals surface area contributed by atoms with Crippen molar-refractivity contribution in [3.63, 3.8) is 0 Å². The highest BCUT2D eigenvalue weighted by molar-refractivity contribution is 5.95. The Morgan fingerprint density at radius 2 is 1.83 bits per heavy atom. The summed E-state index contributed by atoms with van der Waals surface area (Å²) < 4.78 is 6.08. The summed E-state index contributed by atoms with van der Waals surface area (Å²) in [5.41, 5.74) is 1.96. The Kier molecular flexibility index (Phi) is 6.77. The van der Waals surface area contributed by atoms with E-state index in [1.807, 2.05) is 0 Å². The summed E-state index contributed by atoms with van der Waals surface area (Å²) in [7, 11) is 0. The molecule has 0 N–H and O–H groups in total. The fraction of sp³-hybridized carbons (Fsp3) is 0.871. The molecule has 3 saturated carbocycles. The van der Waals surface area contributed by atoms with Crippen LogP contribution in [0.5, 0.6) is 0 Å². The SMILES string of the molecule is CC(=O)C1=CCC2C3CCC4CC(OC(=O)CCN5CCCC(C)(C)C5)CCC4(C)C3CCC12C. The molecule has 4 heteroatoms. The second-order valence-electron chi connectivity index (χ2n) is 14.2. The topological polar surface area (TPSA) is 46.6 Å². The van der Waals surface area contributed by atoms with E-state index in [1.54, 1.807) is 6.92 Å². The van der Waals surface area contributed by atoms with Crippen LogP contribution in [0.4, 0.5) is 0 Å². The van der Waals surface area contributed by atoms with Gasteiger partial charge in [0.05, 0.1) is 6.42 Å². The lowest BCUT2D eigenvalue weighted by atomic mass is 9.44. The molecule has 5 aliphatic rings. The summed E-state index contributed by atoms with van der Waals surface area (Å²) in [6, 6.07) is 0. The van der Waals surface area contributed by atoms with Crippen molar-refractivity contribution >= 4 is 11.8 Å². The molecule has 0 aromatic heterocycles. The van der Waals surface area contributed by atoms with Crippen LogP contribution < -0.4 is 0 Å². The summed E-state index contributed by atoms with van der Waals surface area (Å²) in [5.74, 6) is 3.13. The number of Topliss-reactive ketones (excluding diaryl/α,β-unsaturated/α-hetero) is 1. The first-order chi connectivity index (χ1) is 16.5. The van der Waals surface area contributed by atoms with Gasteiger partial charge < -0.3 is 9.64 Å². The van der Waals surface area contributed by atoms with Crippen LogP contribution in [-0.2, 0) is 14.3 Å². The molecule has 4 aliphatic carbocycles. The molecule has 196 valence electrons. The fourth-order valence-electron chi connectivity index (χ4n) is 9.67. The van der Waals surface area contributed by atoms with E-state index in [-0.39, 0.29) is 17.5 Å². The number of carbonyl (C=O) groups is 2. The van der Waals surface area contributed by atoms with Gasteiger partial charge in [0, 0.05) is 13.1 Å². The van der Waals surface area contributed by atoms with E-state index >= 15 is 0 Å². The molecule has 1 aliphatic heterocycles. The summed E-state index contributed by atoms with van der Waals surface area (Å²) >= 11 is 0. The monoisotopic (exact) mass is 483 g/mol. The van der Waals surface area contributed by atoms with Crippen molar-refractivity contribution in [1.82, 2.24) is 4.90 Å². The van der Waals surface area contributed by atoms with Gasteiger partial charge in [-0.05, 0) is 123 Å². The molecule has 0 spiro atoms. The van der Waals surface area contributed by atoms with E-state index in [0.29, 0.717) is 34.9 Å². The van der Waals surface area contributed by atoms with Gasteiger partial charge in [-0.15, -0.1) is 0 Å². The fourth-order valence-corrected chi connectivity index (χ4v) is 9.67. The van der Waals surface area contributed by atoms with E-state index < -0.39 is 0 Å². The van der Waals surface area contributed by atoms with Gasteiger partial charge in [-0.25, -0.2) is 0 Å². The van der Waals surface area contributed by atoms with Crippen molar-refractivity contribution in [1.29, 1.82) is 0 Å². The molecule has 1 heterocycles. The number of piperidine rings is 1. The van der Waals surface area contributed by atoms with Gasteiger partial charge in [-0.2, -0.15) is 0 Å². The zero-order chi connectivity index (χ0) is 25.0. The summed E-state index contributed by atoms with van der Waals surface area (Å²) in [6.07, 6.45) is 14.8. The lowest BCUT2D eigenvalue weighted by molar-refractivity contribution is -0.161. The molecular formula is C31H49NO3. The van der Waals surface area contributed by atoms with E-state index in [0.717, 1.165) is 62.7 Å². The molecule has 4 fully saturated rings. The number of rotatable bonds is 5. The summed E-state index contributed by atoms with van der Waals surface area (Å²) in [6.45, 7) is 14.4. The standard InChI is InChI=1S/C31H49NO3/c1-21(33)25-9-10-26-24-8-7-22-19-23(11-15-30(22,4)27(24)12-16-31(25,26)5)35-28(34)13-18-32-17-6-14-29(2,3)20-32/h9,22-24,26-27H,6-8,10-20H2,1-5H3. The van der Waals surface area contributed by atoms with Gasteiger partial charge in [0.25, 0.3) is 0 Å². The average Bonchev–Trinajstić information content (AvgIpc) is 3.15. The predicted molar refractivity (Wildman–Crippen MR) is 140 cm³/mol. The molecule has 5 rings (SSSR count). The van der Waals surface area contributed by atoms with Gasteiger partial charge >= 0.3 is 5.97 Å². The van der Waals surface area contributed by atoms with Crippen LogP contribution in [-0.4, -0.2) is 42.4 Å². The molecule has 7 atom stereocenters. The molecule has 0 aromatic rings. The van der Waals surface area contributed by atoms with E-state index in [4.69, 9.17) is 4.74 Å². The van der Waals surface area contributed by atoms with Crippen molar-refractivity contribution in [2.24, 2.45) is 39.9 Å². The van der Waals surface area contributed by atoms with Crippen molar-refractivity contribution in [3.8, 4) is 0 Å². The maximum Gasteiger partial charge on any atom is 0.307 e. The number of ether oxygens (including phenoxy) is 1. The van der Waals surface area contributed by atoms with Gasteiger partial charge in [0.15, 0.2) is 5.78 Å². The number of carbonyl (C=O) groups excluding carboxylic acids is 2. The Balaban J connectivity index is 1.16. The summed E-state index contributed by atoms with van der Waals surface area (Å²) in [4.78, 5) is 27.5. The largest absolute Gasteiger partial charge is 0.462 e. The number of ketones is 1. The molecular weight excluding hydrogens is 434 g/mol. The highest BCUT2D eigenvalue weighted by atomic mass is 16.5. The molecule has 0 aromatic carbocycles. The zero-order valence-electron chi connectivity index (χ0n) is 23.0. The second-order valence-corrected chi connectivity index (χ2v) is 14.2. The zero-order valence-corrected chi connectivity index (χ0v) is 23.0. The first-order valence-electron chi connectivity index (χ1n) is 14.7. The molecule has 7 unspecified atom stereocenters. The number of hydrogen-bond donors (Lipinski definition) is 0. The van der Waals surface area contributed by atoms with Crippen LogP contribution in [0, 0.1) is 39.9 Å². The number of nitrogens with zero attached hydrogens (tertiary/aromatic N) is 1. The first kappa shape index (κ1) is 25.5. The molecule has 4 nitrogen and oxygen atoms in total. The number of hydrogen-bond acceptors (Lipinski definition) is 4. The number of fused-ring (bicyclic) bond motifs is 5. The van der Waals surface area contributed by atoms with Crippen LogP contribution in [0.1, 0.15) is 105 Å². The lowest BCUT2D eigenvalue weighted by Crippen LogP contribution is -2.54. The minimum Gasteiger partial charge on any atom is -0.462 e.